The van der Waals surface area contributed by atoms with Gasteiger partial charge in [-0.05, 0) is 24.3 Å². The van der Waals surface area contributed by atoms with E-state index in [1.54, 1.807) is 0 Å². The summed E-state index contributed by atoms with van der Waals surface area (Å²) < 4.78 is 57.0. The Morgan fingerprint density at radius 3 is 2.21 bits per heavy atom. The Morgan fingerprint density at radius 2 is 1.64 bits per heavy atom. The molecule has 1 atom stereocenters. The van der Waals surface area contributed by atoms with Crippen molar-refractivity contribution in [2.75, 3.05) is 14.1 Å². The van der Waals surface area contributed by atoms with E-state index in [0.29, 0.717) is 0 Å². The molecule has 28 heavy (non-hydrogen) atoms. The number of phenols is 2. The van der Waals surface area contributed by atoms with Crippen LogP contribution in [0.15, 0.2) is 41.4 Å². The third kappa shape index (κ3) is 2.70. The van der Waals surface area contributed by atoms with E-state index in [2.05, 4.69) is 5.43 Å². The van der Waals surface area contributed by atoms with Crippen molar-refractivity contribution in [1.29, 1.82) is 0 Å². The third-order valence-corrected chi connectivity index (χ3v) is 5.54. The Bertz CT molecular complexity index is 992. The first kappa shape index (κ1) is 20.6. The summed E-state index contributed by atoms with van der Waals surface area (Å²) in [6, 6.07) is 6.59. The molecule has 0 amide bonds. The molecule has 1 heterocycles. The van der Waals surface area contributed by atoms with Crippen LogP contribution in [-0.4, -0.2) is 35.1 Å². The van der Waals surface area contributed by atoms with Gasteiger partial charge in [0, 0.05) is 5.56 Å². The molecule has 0 aliphatic carbocycles. The quantitative estimate of drug-likeness (QED) is 0.464. The lowest BCUT2D eigenvalue weighted by molar-refractivity contribution is -0.982. The second-order valence-electron chi connectivity index (χ2n) is 6.76. The van der Waals surface area contributed by atoms with Gasteiger partial charge >= 0.3 is 6.18 Å². The number of benzene rings is 2. The van der Waals surface area contributed by atoms with Crippen molar-refractivity contribution in [3.05, 3.63) is 63.4 Å². The summed E-state index contributed by atoms with van der Waals surface area (Å²) in [5.74, 6) is -2.11. The largest absolute Gasteiger partial charge is 0.507 e. The van der Waals surface area contributed by atoms with E-state index in [9.17, 15) is 27.8 Å². The number of hydrogen-bond donors (Lipinski definition) is 3. The minimum absolute atomic E-state index is 0.299. The number of halogens is 6. The van der Waals surface area contributed by atoms with E-state index < -0.39 is 44.2 Å². The normalized spacial score (nSPS) is 21.7. The number of para-hydroxylation sites is 1. The highest BCUT2D eigenvalue weighted by Gasteiger charge is 2.74. The van der Waals surface area contributed by atoms with Crippen LogP contribution in [0.25, 0.3) is 5.70 Å². The van der Waals surface area contributed by atoms with Gasteiger partial charge in [-0.1, -0.05) is 35.3 Å². The number of hydrogen-bond acceptors (Lipinski definition) is 3. The summed E-state index contributed by atoms with van der Waals surface area (Å²) in [6.45, 7) is 0. The first-order valence-electron chi connectivity index (χ1n) is 7.90. The highest BCUT2D eigenvalue weighted by molar-refractivity contribution is 6.34. The molecule has 1 aliphatic rings. The van der Waals surface area contributed by atoms with Gasteiger partial charge in [0.2, 0.25) is 0 Å². The van der Waals surface area contributed by atoms with Crippen LogP contribution < -0.4 is 5.43 Å². The predicted molar refractivity (Wildman–Crippen MR) is 96.9 cm³/mol. The number of phenolic OH excluding ortho intramolecular Hbond substituents is 2. The standard InChI is InChI=1S/C18H14Cl2F4N2O2/c1-26(2)17(18(22,23)24,10-5-3-4-6-13(10)27)16(20)15(25-26)9-7-14(28)11(19)8-12(9)21/h3-8,25H,1-2H3,(H-,27,28)/p+1. The van der Waals surface area contributed by atoms with Gasteiger partial charge in [0.25, 0.3) is 5.54 Å². The molecule has 4 nitrogen and oxygen atoms in total. The number of nitrogens with one attached hydrogen (secondary N) is 1. The van der Waals surface area contributed by atoms with Crippen molar-refractivity contribution in [3.63, 3.8) is 0 Å². The third-order valence-electron chi connectivity index (χ3n) is 4.78. The molecule has 0 radical (unpaired) electrons. The van der Waals surface area contributed by atoms with Crippen molar-refractivity contribution in [2.45, 2.75) is 11.7 Å². The van der Waals surface area contributed by atoms with Gasteiger partial charge in [0.1, 0.15) is 28.0 Å². The Hall–Kier alpha value is -2.16. The fourth-order valence-corrected chi connectivity index (χ4v) is 4.25. The predicted octanol–water partition coefficient (Wildman–Crippen LogP) is 4.85. The van der Waals surface area contributed by atoms with Crippen LogP contribution >= 0.6 is 23.2 Å². The van der Waals surface area contributed by atoms with Crippen LogP contribution in [0.4, 0.5) is 17.6 Å². The van der Waals surface area contributed by atoms with Gasteiger partial charge in [-0.15, -0.1) is 0 Å². The summed E-state index contributed by atoms with van der Waals surface area (Å²) in [7, 11) is 2.37. The fraction of sp³-hybridized carbons (Fsp3) is 0.222. The zero-order valence-electron chi connectivity index (χ0n) is 14.6. The molecule has 150 valence electrons. The molecule has 2 aromatic rings. The van der Waals surface area contributed by atoms with Gasteiger partial charge in [-0.2, -0.15) is 13.2 Å². The first-order valence-corrected chi connectivity index (χ1v) is 8.66. The fourth-order valence-electron chi connectivity index (χ4n) is 3.54. The zero-order chi connectivity index (χ0) is 21.1. The minimum atomic E-state index is -4.98. The topological polar surface area (TPSA) is 52.5 Å². The maximum absolute atomic E-state index is 14.5. The van der Waals surface area contributed by atoms with Gasteiger partial charge in [-0.25, -0.2) is 14.4 Å². The van der Waals surface area contributed by atoms with Crippen LogP contribution in [0.3, 0.4) is 0 Å². The maximum Gasteiger partial charge on any atom is 0.457 e. The second-order valence-corrected chi connectivity index (χ2v) is 7.55. The molecule has 1 aliphatic heterocycles. The summed E-state index contributed by atoms with van der Waals surface area (Å²) in [4.78, 5) is 0. The van der Waals surface area contributed by atoms with E-state index in [1.165, 1.54) is 26.2 Å². The molecular weight excluding hydrogens is 423 g/mol. The Kier molecular flexibility index (Phi) is 4.73. The summed E-state index contributed by atoms with van der Waals surface area (Å²) in [5, 5.41) is 18.9. The number of quaternary nitrogens is 1. The van der Waals surface area contributed by atoms with Gasteiger partial charge in [-0.3, -0.25) is 0 Å². The number of rotatable bonds is 2. The average Bonchev–Trinajstić information content (AvgIpc) is 2.78. The molecule has 2 aromatic carbocycles. The van der Waals surface area contributed by atoms with Gasteiger partial charge in [0.15, 0.2) is 0 Å². The molecular formula is C18H15Cl2F4N2O2+. The minimum Gasteiger partial charge on any atom is -0.507 e. The van der Waals surface area contributed by atoms with E-state index >= 15 is 0 Å². The number of aromatic hydroxyl groups is 2. The molecule has 1 unspecified atom stereocenters. The highest BCUT2D eigenvalue weighted by atomic mass is 35.5. The molecule has 0 spiro atoms. The van der Waals surface area contributed by atoms with E-state index in [-0.39, 0.29) is 16.3 Å². The van der Waals surface area contributed by atoms with Crippen LogP contribution in [0.1, 0.15) is 11.1 Å². The first-order chi connectivity index (χ1) is 12.8. The number of alkyl halides is 3. The lowest BCUT2D eigenvalue weighted by Gasteiger charge is -2.43. The Morgan fingerprint density at radius 1 is 1.04 bits per heavy atom. The molecule has 3 rings (SSSR count). The number of likely N-dealkylation sites (N-methyl/N-ethyl adjacent to an activating group) is 1. The van der Waals surface area contributed by atoms with E-state index in [4.69, 9.17) is 23.2 Å². The monoisotopic (exact) mass is 437 g/mol. The maximum atomic E-state index is 14.5. The van der Waals surface area contributed by atoms with Gasteiger partial charge < -0.3 is 10.2 Å². The van der Waals surface area contributed by atoms with Crippen molar-refractivity contribution < 1.29 is 32.4 Å². The van der Waals surface area contributed by atoms with Crippen molar-refractivity contribution >= 4 is 28.9 Å². The van der Waals surface area contributed by atoms with Crippen LogP contribution in [-0.2, 0) is 5.54 Å². The number of nitrogens with zero attached hydrogens (tertiary/aromatic N) is 1. The lowest BCUT2D eigenvalue weighted by atomic mass is 9.85. The summed E-state index contributed by atoms with van der Waals surface area (Å²) in [5.41, 5.74) is -1.64. The van der Waals surface area contributed by atoms with Crippen LogP contribution in [0.2, 0.25) is 5.02 Å². The van der Waals surface area contributed by atoms with Crippen molar-refractivity contribution in [3.8, 4) is 11.5 Å². The molecule has 10 heteroatoms. The highest BCUT2D eigenvalue weighted by Crippen LogP contribution is 2.59. The lowest BCUT2D eigenvalue weighted by Crippen LogP contribution is -2.66. The SMILES string of the molecule is C[N+]1(C)NC(c2cc(O)c(Cl)cc2F)=C(Cl)C1(c1ccccc1O)C(F)(F)F. The smallest absolute Gasteiger partial charge is 0.457 e. The Labute approximate surface area is 167 Å². The Balaban J connectivity index is 2.41. The summed E-state index contributed by atoms with van der Waals surface area (Å²) in [6.07, 6.45) is -4.98. The second kappa shape index (κ2) is 6.43. The molecule has 0 bridgehead atoms. The molecule has 0 aromatic heterocycles. The average molecular weight is 438 g/mol. The van der Waals surface area contributed by atoms with Crippen molar-refractivity contribution in [1.82, 2.24) is 5.43 Å². The molecule has 0 saturated carbocycles. The molecule has 0 saturated heterocycles. The van der Waals surface area contributed by atoms with E-state index in [0.717, 1.165) is 24.3 Å². The summed E-state index contributed by atoms with van der Waals surface area (Å²) >= 11 is 11.9. The van der Waals surface area contributed by atoms with Crippen LogP contribution in [0, 0.1) is 5.82 Å². The molecule has 3 N–H and O–H groups in total. The van der Waals surface area contributed by atoms with Crippen molar-refractivity contribution in [2.24, 2.45) is 0 Å². The zero-order valence-corrected chi connectivity index (χ0v) is 16.1. The van der Waals surface area contributed by atoms with E-state index in [1.807, 2.05) is 0 Å². The molecule has 0 fully saturated rings. The van der Waals surface area contributed by atoms with Gasteiger partial charge in [0.05, 0.1) is 24.7 Å². The van der Waals surface area contributed by atoms with Crippen LogP contribution in [0.5, 0.6) is 11.5 Å².